The van der Waals surface area contributed by atoms with E-state index in [-0.39, 0.29) is 24.5 Å². The van der Waals surface area contributed by atoms with Gasteiger partial charge < -0.3 is 39.6 Å². The topological polar surface area (TPSA) is 114 Å². The molecule has 0 saturated heterocycles. The summed E-state index contributed by atoms with van der Waals surface area (Å²) in [5, 5.41) is 18.1. The number of amides is 1. The lowest BCUT2D eigenvalue weighted by atomic mass is 10.1. The zero-order chi connectivity index (χ0) is 31.1. The molecule has 4 aromatic rings. The van der Waals surface area contributed by atoms with E-state index in [1.165, 1.54) is 6.08 Å². The molecule has 0 aliphatic carbocycles. The van der Waals surface area contributed by atoms with E-state index < -0.39 is 0 Å². The van der Waals surface area contributed by atoms with Gasteiger partial charge in [0.25, 0.3) is 5.91 Å². The Labute approximate surface area is 257 Å². The number of likely N-dealkylation sites (N-methyl/N-ethyl adjacent to an activating group) is 1. The van der Waals surface area contributed by atoms with Crippen LogP contribution in [0.3, 0.4) is 0 Å². The zero-order valence-electron chi connectivity index (χ0n) is 25.4. The minimum absolute atomic E-state index is 0.0551. The number of carbonyl (C=O) groups is 1. The Morgan fingerprint density at radius 3 is 2.75 bits per heavy atom. The van der Waals surface area contributed by atoms with E-state index in [4.69, 9.17) is 18.9 Å². The van der Waals surface area contributed by atoms with Crippen molar-refractivity contribution in [3.05, 3.63) is 72.4 Å². The van der Waals surface area contributed by atoms with Gasteiger partial charge >= 0.3 is 0 Å². The fourth-order valence-corrected chi connectivity index (χ4v) is 5.02. The second-order valence-electron chi connectivity index (χ2n) is 10.5. The lowest BCUT2D eigenvalue weighted by Gasteiger charge is -2.21. The van der Waals surface area contributed by atoms with Crippen LogP contribution in [0.25, 0.3) is 17.0 Å². The van der Waals surface area contributed by atoms with Crippen molar-refractivity contribution in [3.63, 3.8) is 0 Å². The highest BCUT2D eigenvalue weighted by Crippen LogP contribution is 2.41. The molecule has 5 rings (SSSR count). The van der Waals surface area contributed by atoms with E-state index in [1.54, 1.807) is 49.5 Å². The van der Waals surface area contributed by atoms with Crippen LogP contribution in [0.4, 0.5) is 17.1 Å². The Morgan fingerprint density at radius 1 is 1.14 bits per heavy atom. The van der Waals surface area contributed by atoms with Crippen molar-refractivity contribution in [3.8, 4) is 28.7 Å². The van der Waals surface area contributed by atoms with Crippen molar-refractivity contribution < 1.29 is 28.8 Å². The van der Waals surface area contributed by atoms with Gasteiger partial charge in [-0.25, -0.2) is 0 Å². The molecule has 0 saturated carbocycles. The lowest BCUT2D eigenvalue weighted by molar-refractivity contribution is -0.113. The van der Waals surface area contributed by atoms with Gasteiger partial charge in [-0.2, -0.15) is 0 Å². The van der Waals surface area contributed by atoms with Crippen LogP contribution >= 0.6 is 0 Å². The fraction of sp³-hybridized carbons (Fsp3) is 0.294. The SMILES string of the molecule is CCOc1cc(/C=C/C(=O)N(C)c2cc3c(cc2NCCCC(C)Nc2cc(OC)cc4cccnc24)OCO3)ccc1O. The largest absolute Gasteiger partial charge is 0.504 e. The van der Waals surface area contributed by atoms with E-state index in [9.17, 15) is 9.90 Å². The van der Waals surface area contributed by atoms with Crippen LogP contribution in [0, 0.1) is 0 Å². The molecular formula is C34H38N4O6. The molecular weight excluding hydrogens is 560 g/mol. The van der Waals surface area contributed by atoms with Crippen molar-refractivity contribution >= 4 is 39.9 Å². The molecule has 1 unspecified atom stereocenters. The molecule has 10 nitrogen and oxygen atoms in total. The number of ether oxygens (including phenoxy) is 4. The zero-order valence-corrected chi connectivity index (χ0v) is 25.4. The lowest BCUT2D eigenvalue weighted by Crippen LogP contribution is -2.25. The number of hydrogen-bond donors (Lipinski definition) is 3. The average Bonchev–Trinajstić information content (AvgIpc) is 3.50. The minimum Gasteiger partial charge on any atom is -0.504 e. The molecule has 3 N–H and O–H groups in total. The second-order valence-corrected chi connectivity index (χ2v) is 10.5. The number of nitrogens with one attached hydrogen (secondary N) is 2. The molecule has 1 aliphatic rings. The molecule has 1 amide bonds. The van der Waals surface area contributed by atoms with Crippen LogP contribution in [0.5, 0.6) is 28.7 Å². The average molecular weight is 599 g/mol. The van der Waals surface area contributed by atoms with Crippen molar-refractivity contribution in [2.45, 2.75) is 32.7 Å². The van der Waals surface area contributed by atoms with Gasteiger partial charge in [0.15, 0.2) is 23.0 Å². The maximum atomic E-state index is 13.2. The standard InChI is InChI=1S/C34H38N4O6/c1-5-42-30-16-23(10-12-29(30)39)11-13-33(40)38(3)28-20-32-31(43-21-44-32)19-26(28)35-14-6-8-22(2)37-27-18-25(41-4)17-24-9-7-15-36-34(24)27/h7,9-13,15-20,22,35,37,39H,5-6,8,14,21H2,1-4H3/b13-11+. The minimum atomic E-state index is -0.227. The Kier molecular flexibility index (Phi) is 9.59. The molecule has 0 spiro atoms. The normalized spacial score (nSPS) is 12.7. The summed E-state index contributed by atoms with van der Waals surface area (Å²) in [6.45, 7) is 5.23. The molecule has 0 fully saturated rings. The number of pyridine rings is 1. The van der Waals surface area contributed by atoms with Gasteiger partial charge in [0.2, 0.25) is 6.79 Å². The van der Waals surface area contributed by atoms with Gasteiger partial charge in [0, 0.05) is 55.5 Å². The number of aromatic nitrogens is 1. The summed E-state index contributed by atoms with van der Waals surface area (Å²) in [6, 6.07) is 16.7. The Bertz CT molecular complexity index is 1660. The quantitative estimate of drug-likeness (QED) is 0.118. The fourth-order valence-electron chi connectivity index (χ4n) is 5.02. The highest BCUT2D eigenvalue weighted by molar-refractivity contribution is 6.05. The Balaban J connectivity index is 1.23. The number of fused-ring (bicyclic) bond motifs is 2. The van der Waals surface area contributed by atoms with Gasteiger partial charge in [0.05, 0.1) is 36.3 Å². The Morgan fingerprint density at radius 2 is 1.95 bits per heavy atom. The molecule has 1 atom stereocenters. The number of hydrogen-bond acceptors (Lipinski definition) is 9. The summed E-state index contributed by atoms with van der Waals surface area (Å²) in [7, 11) is 3.38. The van der Waals surface area contributed by atoms with Crippen LogP contribution in [0.2, 0.25) is 0 Å². The third kappa shape index (κ3) is 7.08. The molecule has 3 aromatic carbocycles. The molecule has 44 heavy (non-hydrogen) atoms. The molecule has 230 valence electrons. The number of carbonyl (C=O) groups excluding carboxylic acids is 1. The number of methoxy groups -OCH3 is 1. The number of nitrogens with zero attached hydrogens (tertiary/aromatic N) is 2. The summed E-state index contributed by atoms with van der Waals surface area (Å²) < 4.78 is 22.1. The number of phenolic OH excluding ortho intramolecular Hbond substituents is 1. The summed E-state index contributed by atoms with van der Waals surface area (Å²) in [5.74, 6) is 2.20. The van der Waals surface area contributed by atoms with Crippen molar-refractivity contribution in [1.82, 2.24) is 4.98 Å². The highest BCUT2D eigenvalue weighted by Gasteiger charge is 2.21. The molecule has 2 heterocycles. The number of rotatable bonds is 13. The molecule has 1 aromatic heterocycles. The van der Waals surface area contributed by atoms with Gasteiger partial charge in [-0.1, -0.05) is 12.1 Å². The molecule has 10 heteroatoms. The van der Waals surface area contributed by atoms with Gasteiger partial charge in [-0.3, -0.25) is 9.78 Å². The van der Waals surface area contributed by atoms with Crippen LogP contribution in [0.1, 0.15) is 32.3 Å². The number of aromatic hydroxyl groups is 1. The van der Waals surface area contributed by atoms with E-state index in [2.05, 4.69) is 22.5 Å². The van der Waals surface area contributed by atoms with E-state index in [1.807, 2.05) is 43.3 Å². The van der Waals surface area contributed by atoms with Crippen LogP contribution in [-0.4, -0.2) is 56.1 Å². The van der Waals surface area contributed by atoms with Crippen LogP contribution < -0.4 is 34.5 Å². The molecule has 1 aliphatic heterocycles. The van der Waals surface area contributed by atoms with Crippen molar-refractivity contribution in [2.24, 2.45) is 0 Å². The maximum absolute atomic E-state index is 13.2. The predicted molar refractivity (Wildman–Crippen MR) is 173 cm³/mol. The first-order valence-electron chi connectivity index (χ1n) is 14.6. The van der Waals surface area contributed by atoms with E-state index >= 15 is 0 Å². The smallest absolute Gasteiger partial charge is 0.250 e. The van der Waals surface area contributed by atoms with E-state index in [0.29, 0.717) is 36.1 Å². The molecule has 0 radical (unpaired) electrons. The van der Waals surface area contributed by atoms with Crippen molar-refractivity contribution in [1.29, 1.82) is 0 Å². The summed E-state index contributed by atoms with van der Waals surface area (Å²) in [6.07, 6.45) is 6.74. The van der Waals surface area contributed by atoms with Crippen LogP contribution in [0.15, 0.2) is 66.9 Å². The summed E-state index contributed by atoms with van der Waals surface area (Å²) in [4.78, 5) is 19.3. The van der Waals surface area contributed by atoms with Gasteiger partial charge in [-0.15, -0.1) is 0 Å². The third-order valence-corrected chi connectivity index (χ3v) is 7.33. The van der Waals surface area contributed by atoms with Gasteiger partial charge in [0.1, 0.15) is 5.75 Å². The maximum Gasteiger partial charge on any atom is 0.250 e. The third-order valence-electron chi connectivity index (χ3n) is 7.33. The van der Waals surface area contributed by atoms with Gasteiger partial charge in [-0.05, 0) is 62.6 Å². The summed E-state index contributed by atoms with van der Waals surface area (Å²) >= 11 is 0. The highest BCUT2D eigenvalue weighted by atomic mass is 16.7. The number of benzene rings is 3. The second kappa shape index (κ2) is 13.9. The van der Waals surface area contributed by atoms with Crippen LogP contribution in [-0.2, 0) is 4.79 Å². The first kappa shape index (κ1) is 30.3. The predicted octanol–water partition coefficient (Wildman–Crippen LogP) is 6.45. The Hall–Kier alpha value is -5.12. The van der Waals surface area contributed by atoms with Crippen molar-refractivity contribution in [2.75, 3.05) is 49.6 Å². The first-order chi connectivity index (χ1) is 21.4. The number of phenols is 1. The first-order valence-corrected chi connectivity index (χ1v) is 14.6. The van der Waals surface area contributed by atoms with E-state index in [0.717, 1.165) is 46.4 Å². The molecule has 0 bridgehead atoms. The number of anilines is 3. The monoisotopic (exact) mass is 598 g/mol. The summed E-state index contributed by atoms with van der Waals surface area (Å²) in [5.41, 5.74) is 4.02.